The number of carbonyl (C=O) groups excluding carboxylic acids is 2. The number of hydrogen-bond acceptors (Lipinski definition) is 4. The van der Waals surface area contributed by atoms with Gasteiger partial charge in [-0.25, -0.2) is 4.90 Å². The van der Waals surface area contributed by atoms with E-state index in [-0.39, 0.29) is 17.9 Å². The van der Waals surface area contributed by atoms with Crippen LogP contribution < -0.4 is 9.64 Å². The van der Waals surface area contributed by atoms with Gasteiger partial charge in [0.25, 0.3) is 11.8 Å². The van der Waals surface area contributed by atoms with Gasteiger partial charge in [0, 0.05) is 24.2 Å². The van der Waals surface area contributed by atoms with Gasteiger partial charge in [-0.05, 0) is 62.4 Å². The summed E-state index contributed by atoms with van der Waals surface area (Å²) >= 11 is 6.07. The largest absolute Gasteiger partial charge is 0.491 e. The van der Waals surface area contributed by atoms with Crippen LogP contribution in [0.1, 0.15) is 39.2 Å². The number of anilines is 1. The number of carbonyl (C=O) groups is 2. The van der Waals surface area contributed by atoms with Crippen LogP contribution in [0.25, 0.3) is 5.57 Å². The van der Waals surface area contributed by atoms with E-state index in [1.165, 1.54) is 4.90 Å². The van der Waals surface area contributed by atoms with Crippen molar-refractivity contribution in [1.29, 1.82) is 0 Å². The smallest absolute Gasteiger partial charge is 0.282 e. The molecular weight excluding hydrogens is 412 g/mol. The topological polar surface area (TPSA) is 49.9 Å². The number of ether oxygens (including phenoxy) is 1. The zero-order valence-electron chi connectivity index (χ0n) is 18.1. The van der Waals surface area contributed by atoms with Crippen molar-refractivity contribution >= 4 is 34.7 Å². The number of rotatable bonds is 5. The van der Waals surface area contributed by atoms with E-state index in [0.717, 1.165) is 25.9 Å². The van der Waals surface area contributed by atoms with Crippen molar-refractivity contribution in [2.45, 2.75) is 39.7 Å². The van der Waals surface area contributed by atoms with Crippen molar-refractivity contribution in [2.75, 3.05) is 18.0 Å². The van der Waals surface area contributed by atoms with Crippen LogP contribution in [0, 0.1) is 5.92 Å². The fourth-order valence-electron chi connectivity index (χ4n) is 4.28. The number of nitrogens with zero attached hydrogens (tertiary/aromatic N) is 2. The molecule has 2 heterocycles. The third-order valence-electron chi connectivity index (χ3n) is 5.61. The first-order chi connectivity index (χ1) is 14.8. The van der Waals surface area contributed by atoms with Gasteiger partial charge >= 0.3 is 0 Å². The molecule has 2 amide bonds. The predicted molar refractivity (Wildman–Crippen MR) is 123 cm³/mol. The first-order valence-corrected chi connectivity index (χ1v) is 11.1. The van der Waals surface area contributed by atoms with E-state index in [1.807, 2.05) is 19.9 Å². The van der Waals surface area contributed by atoms with Crippen LogP contribution in [0.3, 0.4) is 0 Å². The Balaban J connectivity index is 1.78. The van der Waals surface area contributed by atoms with E-state index in [9.17, 15) is 9.59 Å². The molecule has 0 saturated carbocycles. The van der Waals surface area contributed by atoms with Crippen molar-refractivity contribution in [3.05, 3.63) is 64.8 Å². The minimum atomic E-state index is -0.317. The van der Waals surface area contributed by atoms with Gasteiger partial charge in [0.1, 0.15) is 11.4 Å². The summed E-state index contributed by atoms with van der Waals surface area (Å²) in [5.41, 5.74) is 2.13. The summed E-state index contributed by atoms with van der Waals surface area (Å²) in [5.74, 6) is 0.488. The summed E-state index contributed by atoms with van der Waals surface area (Å²) in [6.45, 7) is 7.58. The maximum Gasteiger partial charge on any atom is 0.282 e. The van der Waals surface area contributed by atoms with Crippen LogP contribution in [0.4, 0.5) is 5.69 Å². The molecule has 0 radical (unpaired) electrons. The molecule has 2 aliphatic rings. The van der Waals surface area contributed by atoms with Crippen molar-refractivity contribution in [3.63, 3.8) is 0 Å². The lowest BCUT2D eigenvalue weighted by molar-refractivity contribution is -0.120. The van der Waals surface area contributed by atoms with Gasteiger partial charge in [0.2, 0.25) is 0 Å². The number of likely N-dealkylation sites (tertiary alicyclic amines) is 1. The number of hydrogen-bond donors (Lipinski definition) is 0. The fourth-order valence-corrected chi connectivity index (χ4v) is 4.41. The van der Waals surface area contributed by atoms with Gasteiger partial charge in [0.15, 0.2) is 0 Å². The van der Waals surface area contributed by atoms with Crippen LogP contribution in [0.15, 0.2) is 54.2 Å². The third-order valence-corrected chi connectivity index (χ3v) is 5.87. The molecule has 2 aromatic carbocycles. The van der Waals surface area contributed by atoms with Crippen LogP contribution in [-0.2, 0) is 9.59 Å². The minimum Gasteiger partial charge on any atom is -0.491 e. The molecule has 1 atom stereocenters. The van der Waals surface area contributed by atoms with E-state index in [0.29, 0.717) is 39.2 Å². The van der Waals surface area contributed by atoms with E-state index in [1.54, 1.807) is 42.5 Å². The highest BCUT2D eigenvalue weighted by atomic mass is 35.5. The SMILES string of the molecule is CC1CCCN(C2=C(c3ccc(Cl)cc3)C(=O)N(c3cccc(OC(C)C)c3)C2=O)C1. The van der Waals surface area contributed by atoms with Crippen LogP contribution in [0.2, 0.25) is 5.02 Å². The Morgan fingerprint density at radius 1 is 1.06 bits per heavy atom. The van der Waals surface area contributed by atoms with Gasteiger partial charge < -0.3 is 9.64 Å². The molecule has 1 unspecified atom stereocenters. The average molecular weight is 439 g/mol. The molecule has 0 spiro atoms. The van der Waals surface area contributed by atoms with Gasteiger partial charge in [-0.2, -0.15) is 0 Å². The quantitative estimate of drug-likeness (QED) is 0.606. The van der Waals surface area contributed by atoms with Crippen molar-refractivity contribution in [3.8, 4) is 5.75 Å². The lowest BCUT2D eigenvalue weighted by Gasteiger charge is -2.33. The fraction of sp³-hybridized carbons (Fsp3) is 0.360. The normalized spacial score (nSPS) is 19.6. The average Bonchev–Trinajstić information content (AvgIpc) is 2.98. The van der Waals surface area contributed by atoms with Crippen LogP contribution in [0.5, 0.6) is 5.75 Å². The van der Waals surface area contributed by atoms with E-state index >= 15 is 0 Å². The molecule has 6 heteroatoms. The second kappa shape index (κ2) is 8.75. The molecule has 5 nitrogen and oxygen atoms in total. The first-order valence-electron chi connectivity index (χ1n) is 10.8. The van der Waals surface area contributed by atoms with Crippen LogP contribution >= 0.6 is 11.6 Å². The molecule has 0 N–H and O–H groups in total. The third kappa shape index (κ3) is 4.33. The summed E-state index contributed by atoms with van der Waals surface area (Å²) in [5, 5.41) is 0.588. The molecule has 0 aliphatic carbocycles. The molecule has 162 valence electrons. The Morgan fingerprint density at radius 3 is 2.48 bits per heavy atom. The second-order valence-corrected chi connectivity index (χ2v) is 8.97. The molecule has 0 aromatic heterocycles. The monoisotopic (exact) mass is 438 g/mol. The molecule has 4 rings (SSSR count). The Labute approximate surface area is 188 Å². The zero-order chi connectivity index (χ0) is 22.1. The minimum absolute atomic E-state index is 0.00613. The molecule has 31 heavy (non-hydrogen) atoms. The maximum atomic E-state index is 13.6. The van der Waals surface area contributed by atoms with Gasteiger partial charge in [-0.15, -0.1) is 0 Å². The van der Waals surface area contributed by atoms with Gasteiger partial charge in [-0.3, -0.25) is 9.59 Å². The number of piperidine rings is 1. The lowest BCUT2D eigenvalue weighted by Crippen LogP contribution is -2.39. The second-order valence-electron chi connectivity index (χ2n) is 8.53. The highest BCUT2D eigenvalue weighted by Gasteiger charge is 2.43. The standard InChI is InChI=1S/C25H27ClN2O3/c1-16(2)31-21-8-4-7-20(14-21)28-24(29)22(18-9-11-19(26)12-10-18)23(25(28)30)27-13-5-6-17(3)15-27/h4,7-12,14,16-17H,5-6,13,15H2,1-3H3. The van der Waals surface area contributed by atoms with Gasteiger partial charge in [-0.1, -0.05) is 36.7 Å². The Morgan fingerprint density at radius 2 is 1.81 bits per heavy atom. The maximum absolute atomic E-state index is 13.6. The highest BCUT2D eigenvalue weighted by Crippen LogP contribution is 2.37. The molecular formula is C25H27ClN2O3. The van der Waals surface area contributed by atoms with Crippen molar-refractivity contribution in [2.24, 2.45) is 5.92 Å². The number of halogens is 1. The molecule has 0 bridgehead atoms. The Hall–Kier alpha value is -2.79. The molecule has 2 aliphatic heterocycles. The van der Waals surface area contributed by atoms with Gasteiger partial charge in [0.05, 0.1) is 17.4 Å². The lowest BCUT2D eigenvalue weighted by atomic mass is 9.98. The van der Waals surface area contributed by atoms with E-state index in [2.05, 4.69) is 11.8 Å². The first kappa shape index (κ1) is 21.4. The van der Waals surface area contributed by atoms with E-state index in [4.69, 9.17) is 16.3 Å². The summed E-state index contributed by atoms with van der Waals surface area (Å²) < 4.78 is 5.78. The summed E-state index contributed by atoms with van der Waals surface area (Å²) in [7, 11) is 0. The predicted octanol–water partition coefficient (Wildman–Crippen LogP) is 5.14. The number of imide groups is 1. The summed E-state index contributed by atoms with van der Waals surface area (Å²) in [4.78, 5) is 30.6. The number of amides is 2. The molecule has 1 saturated heterocycles. The van der Waals surface area contributed by atoms with Crippen molar-refractivity contribution < 1.29 is 14.3 Å². The zero-order valence-corrected chi connectivity index (χ0v) is 18.9. The Bertz CT molecular complexity index is 1030. The number of benzene rings is 2. The summed E-state index contributed by atoms with van der Waals surface area (Å²) in [6.07, 6.45) is 2.12. The highest BCUT2D eigenvalue weighted by molar-refractivity contribution is 6.45. The summed E-state index contributed by atoms with van der Waals surface area (Å²) in [6, 6.07) is 14.2. The molecule has 2 aromatic rings. The van der Waals surface area contributed by atoms with Crippen LogP contribution in [-0.4, -0.2) is 35.9 Å². The van der Waals surface area contributed by atoms with Crippen molar-refractivity contribution in [1.82, 2.24) is 4.90 Å². The van der Waals surface area contributed by atoms with E-state index < -0.39 is 0 Å². The Kier molecular flexibility index (Phi) is 6.05. The molecule has 1 fully saturated rings.